The van der Waals surface area contributed by atoms with E-state index in [-0.39, 0.29) is 17.6 Å². The normalized spacial score (nSPS) is 11.8. The maximum absolute atomic E-state index is 12.6. The number of para-hydroxylation sites is 2. The minimum absolute atomic E-state index is 0.191. The Morgan fingerprint density at radius 1 is 0.875 bits per heavy atom. The topological polar surface area (TPSA) is 94.7 Å². The molecule has 0 saturated carbocycles. The van der Waals surface area contributed by atoms with Gasteiger partial charge in [0, 0.05) is 49.7 Å². The number of aromatic hydroxyl groups is 2. The average molecular weight is 440 g/mol. The first-order valence-electron chi connectivity index (χ1n) is 10.8. The van der Waals surface area contributed by atoms with Crippen LogP contribution in [0.25, 0.3) is 0 Å². The van der Waals surface area contributed by atoms with Crippen LogP contribution in [0, 0.1) is 0 Å². The van der Waals surface area contributed by atoms with Crippen LogP contribution in [0.15, 0.2) is 58.5 Å². The van der Waals surface area contributed by atoms with Crippen molar-refractivity contribution in [2.24, 2.45) is 9.98 Å². The maximum Gasteiger partial charge on any atom is 0.410 e. The third-order valence-corrected chi connectivity index (χ3v) is 4.42. The zero-order valence-electron chi connectivity index (χ0n) is 19.1. The van der Waals surface area contributed by atoms with Gasteiger partial charge in [0.15, 0.2) is 0 Å². The van der Waals surface area contributed by atoms with Crippen LogP contribution < -0.4 is 0 Å². The SMILES string of the molecule is CC(C)(C)OC(=O)N(CCCN=Cc1ccccc1O)CCCN=Cc1ccccc1O. The van der Waals surface area contributed by atoms with Gasteiger partial charge in [-0.2, -0.15) is 0 Å². The van der Waals surface area contributed by atoms with Gasteiger partial charge in [-0.3, -0.25) is 9.98 Å². The predicted octanol–water partition coefficient (Wildman–Crippen LogP) is 4.65. The number of phenols is 2. The molecule has 2 rings (SSSR count). The fraction of sp³-hybridized carbons (Fsp3) is 0.400. The highest BCUT2D eigenvalue weighted by Gasteiger charge is 2.21. The van der Waals surface area contributed by atoms with E-state index in [0.717, 1.165) is 0 Å². The third-order valence-electron chi connectivity index (χ3n) is 4.42. The van der Waals surface area contributed by atoms with Crippen molar-refractivity contribution in [3.8, 4) is 11.5 Å². The Kier molecular flexibility index (Phi) is 9.73. The molecule has 0 atom stereocenters. The minimum atomic E-state index is -0.568. The number of rotatable bonds is 10. The van der Waals surface area contributed by atoms with Crippen molar-refractivity contribution >= 4 is 18.5 Å². The first kappa shape index (κ1) is 24.9. The summed E-state index contributed by atoms with van der Waals surface area (Å²) in [4.78, 5) is 23.0. The minimum Gasteiger partial charge on any atom is -0.507 e. The molecule has 2 aromatic carbocycles. The number of hydrogen-bond acceptors (Lipinski definition) is 6. The summed E-state index contributed by atoms with van der Waals surface area (Å²) in [6, 6.07) is 14.0. The van der Waals surface area contributed by atoms with E-state index in [1.54, 1.807) is 53.7 Å². The Hall–Kier alpha value is -3.35. The molecule has 0 bridgehead atoms. The van der Waals surface area contributed by atoms with Crippen LogP contribution in [-0.4, -0.2) is 65.4 Å². The van der Waals surface area contributed by atoms with Gasteiger partial charge in [-0.05, 0) is 57.9 Å². The van der Waals surface area contributed by atoms with E-state index in [9.17, 15) is 15.0 Å². The summed E-state index contributed by atoms with van der Waals surface area (Å²) < 4.78 is 5.53. The van der Waals surface area contributed by atoms with E-state index in [2.05, 4.69) is 9.98 Å². The second-order valence-corrected chi connectivity index (χ2v) is 8.36. The van der Waals surface area contributed by atoms with Gasteiger partial charge in [-0.25, -0.2) is 4.79 Å². The number of carbonyl (C=O) groups is 1. The fourth-order valence-electron chi connectivity index (χ4n) is 2.85. The zero-order chi connectivity index (χ0) is 23.4. The van der Waals surface area contributed by atoms with Crippen LogP contribution in [0.3, 0.4) is 0 Å². The highest BCUT2D eigenvalue weighted by Crippen LogP contribution is 2.14. The summed E-state index contributed by atoms with van der Waals surface area (Å²) in [7, 11) is 0. The van der Waals surface area contributed by atoms with Crippen molar-refractivity contribution in [3.63, 3.8) is 0 Å². The van der Waals surface area contributed by atoms with Crippen LogP contribution >= 0.6 is 0 Å². The molecule has 7 nitrogen and oxygen atoms in total. The fourth-order valence-corrected chi connectivity index (χ4v) is 2.85. The van der Waals surface area contributed by atoms with Crippen molar-refractivity contribution in [1.82, 2.24) is 4.90 Å². The van der Waals surface area contributed by atoms with Crippen molar-refractivity contribution in [2.45, 2.75) is 39.2 Å². The Balaban J connectivity index is 1.84. The Bertz CT molecular complexity index is 858. The van der Waals surface area contributed by atoms with Crippen molar-refractivity contribution in [3.05, 3.63) is 59.7 Å². The van der Waals surface area contributed by atoms with Crippen LogP contribution in [0.5, 0.6) is 11.5 Å². The molecule has 0 aliphatic heterocycles. The monoisotopic (exact) mass is 439 g/mol. The highest BCUT2D eigenvalue weighted by molar-refractivity contribution is 5.83. The highest BCUT2D eigenvalue weighted by atomic mass is 16.6. The number of benzene rings is 2. The standard InChI is InChI=1S/C25H33N3O4/c1-25(2,3)32-24(31)28(16-8-14-26-18-20-10-4-6-12-22(20)29)17-9-15-27-19-21-11-5-7-13-23(21)30/h4-7,10-13,18-19,29-30H,8-9,14-17H2,1-3H3. The largest absolute Gasteiger partial charge is 0.507 e. The molecular weight excluding hydrogens is 406 g/mol. The molecule has 0 aromatic heterocycles. The lowest BCUT2D eigenvalue weighted by Crippen LogP contribution is -2.38. The van der Waals surface area contributed by atoms with Gasteiger partial charge in [0.1, 0.15) is 17.1 Å². The first-order valence-corrected chi connectivity index (χ1v) is 10.8. The second kappa shape index (κ2) is 12.5. The van der Waals surface area contributed by atoms with Gasteiger partial charge in [0.05, 0.1) is 0 Å². The molecule has 0 aliphatic carbocycles. The maximum atomic E-state index is 12.6. The van der Waals surface area contributed by atoms with Gasteiger partial charge in [0.25, 0.3) is 0 Å². The van der Waals surface area contributed by atoms with Crippen molar-refractivity contribution < 1.29 is 19.7 Å². The molecule has 0 aliphatic rings. The van der Waals surface area contributed by atoms with E-state index in [1.165, 1.54) is 0 Å². The lowest BCUT2D eigenvalue weighted by molar-refractivity contribution is 0.0248. The lowest BCUT2D eigenvalue weighted by atomic mass is 10.2. The summed E-state index contributed by atoms with van der Waals surface area (Å²) in [5.74, 6) is 0.381. The Labute approximate surface area is 190 Å². The molecular formula is C25H33N3O4. The van der Waals surface area contributed by atoms with E-state index in [4.69, 9.17) is 4.74 Å². The number of ether oxygens (including phenoxy) is 1. The molecule has 172 valence electrons. The molecule has 0 heterocycles. The number of hydrogen-bond donors (Lipinski definition) is 2. The molecule has 2 aromatic rings. The molecule has 0 radical (unpaired) electrons. The molecule has 7 heteroatoms. The van der Waals surface area contributed by atoms with Gasteiger partial charge in [-0.1, -0.05) is 24.3 Å². The molecule has 0 fully saturated rings. The van der Waals surface area contributed by atoms with Crippen LogP contribution in [0.4, 0.5) is 4.79 Å². The van der Waals surface area contributed by atoms with E-state index in [1.807, 2.05) is 32.9 Å². The zero-order valence-corrected chi connectivity index (χ0v) is 19.1. The molecule has 0 spiro atoms. The van der Waals surface area contributed by atoms with Crippen LogP contribution in [0.1, 0.15) is 44.7 Å². The number of amides is 1. The van der Waals surface area contributed by atoms with E-state index in [0.29, 0.717) is 50.1 Å². The first-order chi connectivity index (χ1) is 15.3. The second-order valence-electron chi connectivity index (χ2n) is 8.36. The molecule has 1 amide bonds. The number of nitrogens with zero attached hydrogens (tertiary/aromatic N) is 3. The number of phenolic OH excluding ortho intramolecular Hbond substituents is 2. The van der Waals surface area contributed by atoms with Crippen molar-refractivity contribution in [1.29, 1.82) is 0 Å². The van der Waals surface area contributed by atoms with Gasteiger partial charge < -0.3 is 19.8 Å². The average Bonchev–Trinajstić information content (AvgIpc) is 2.73. The molecule has 32 heavy (non-hydrogen) atoms. The van der Waals surface area contributed by atoms with Crippen LogP contribution in [0.2, 0.25) is 0 Å². The Morgan fingerprint density at radius 2 is 1.31 bits per heavy atom. The number of carbonyl (C=O) groups excluding carboxylic acids is 1. The Morgan fingerprint density at radius 3 is 1.72 bits per heavy atom. The molecule has 0 saturated heterocycles. The van der Waals surface area contributed by atoms with Gasteiger partial charge >= 0.3 is 6.09 Å². The predicted molar refractivity (Wildman–Crippen MR) is 128 cm³/mol. The van der Waals surface area contributed by atoms with Gasteiger partial charge in [0.2, 0.25) is 0 Å². The van der Waals surface area contributed by atoms with Gasteiger partial charge in [-0.15, -0.1) is 0 Å². The molecule has 0 unspecified atom stereocenters. The summed E-state index contributed by atoms with van der Waals surface area (Å²) in [5.41, 5.74) is 0.763. The third kappa shape index (κ3) is 9.20. The summed E-state index contributed by atoms with van der Waals surface area (Å²) in [5, 5.41) is 19.6. The summed E-state index contributed by atoms with van der Waals surface area (Å²) in [6.07, 6.45) is 4.27. The summed E-state index contributed by atoms with van der Waals surface area (Å²) in [6.45, 7) is 7.60. The smallest absolute Gasteiger partial charge is 0.410 e. The lowest BCUT2D eigenvalue weighted by Gasteiger charge is -2.27. The van der Waals surface area contributed by atoms with E-state index >= 15 is 0 Å². The molecule has 2 N–H and O–H groups in total. The quantitative estimate of drug-likeness (QED) is 0.416. The number of aliphatic imine (C=N–C) groups is 2. The summed E-state index contributed by atoms with van der Waals surface area (Å²) >= 11 is 0. The van der Waals surface area contributed by atoms with Crippen LogP contribution in [-0.2, 0) is 4.74 Å². The van der Waals surface area contributed by atoms with Crippen molar-refractivity contribution in [2.75, 3.05) is 26.2 Å². The van der Waals surface area contributed by atoms with E-state index < -0.39 is 5.60 Å².